The summed E-state index contributed by atoms with van der Waals surface area (Å²) in [5, 5.41) is 12.3. The van der Waals surface area contributed by atoms with Gasteiger partial charge in [0.05, 0.1) is 6.61 Å². The van der Waals surface area contributed by atoms with Crippen LogP contribution in [0.1, 0.15) is 25.7 Å². The first-order valence-electron chi connectivity index (χ1n) is 4.83. The van der Waals surface area contributed by atoms with Gasteiger partial charge in [0.25, 0.3) is 15.2 Å². The van der Waals surface area contributed by atoms with E-state index in [0.29, 0.717) is 18.9 Å². The van der Waals surface area contributed by atoms with Gasteiger partial charge in [-0.25, -0.2) is 13.6 Å². The molecule has 0 amide bonds. The van der Waals surface area contributed by atoms with Gasteiger partial charge in [-0.1, -0.05) is 0 Å². The van der Waals surface area contributed by atoms with Crippen LogP contribution in [-0.2, 0) is 21.2 Å². The molecule has 1 aromatic heterocycles. The SMILES string of the molecule is COCCc1nnc(S(N)(=O)=O)n1C(C)C. The Morgan fingerprint density at radius 2 is 2.06 bits per heavy atom. The molecule has 0 aliphatic rings. The summed E-state index contributed by atoms with van der Waals surface area (Å²) in [6.45, 7) is 4.14. The van der Waals surface area contributed by atoms with Crippen LogP contribution in [0.3, 0.4) is 0 Å². The van der Waals surface area contributed by atoms with Crippen LogP contribution in [0.25, 0.3) is 0 Å². The van der Waals surface area contributed by atoms with Crippen LogP contribution < -0.4 is 5.14 Å². The summed E-state index contributed by atoms with van der Waals surface area (Å²) in [5.41, 5.74) is 0. The van der Waals surface area contributed by atoms with Gasteiger partial charge < -0.3 is 4.74 Å². The Morgan fingerprint density at radius 3 is 2.50 bits per heavy atom. The van der Waals surface area contributed by atoms with Gasteiger partial charge in [0, 0.05) is 19.6 Å². The van der Waals surface area contributed by atoms with Crippen LogP contribution in [0.2, 0.25) is 0 Å². The van der Waals surface area contributed by atoms with Gasteiger partial charge in [-0.2, -0.15) is 0 Å². The molecule has 1 aromatic rings. The minimum Gasteiger partial charge on any atom is -0.384 e. The lowest BCUT2D eigenvalue weighted by molar-refractivity contribution is 0.199. The molecular weight excluding hydrogens is 232 g/mol. The third kappa shape index (κ3) is 2.77. The smallest absolute Gasteiger partial charge is 0.273 e. The third-order valence-corrected chi connectivity index (χ3v) is 2.82. The fourth-order valence-corrected chi connectivity index (χ4v) is 2.13. The number of ether oxygens (including phenoxy) is 1. The zero-order valence-corrected chi connectivity index (χ0v) is 10.4. The van der Waals surface area contributed by atoms with Crippen molar-refractivity contribution in [1.29, 1.82) is 0 Å². The molecule has 0 saturated carbocycles. The summed E-state index contributed by atoms with van der Waals surface area (Å²) in [5.74, 6) is 0.556. The van der Waals surface area contributed by atoms with Crippen LogP contribution >= 0.6 is 0 Å². The van der Waals surface area contributed by atoms with Gasteiger partial charge in [0.2, 0.25) is 0 Å². The molecule has 7 nitrogen and oxygen atoms in total. The molecule has 0 aromatic carbocycles. The largest absolute Gasteiger partial charge is 0.384 e. The van der Waals surface area contributed by atoms with E-state index in [0.717, 1.165) is 0 Å². The number of hydrogen-bond acceptors (Lipinski definition) is 5. The lowest BCUT2D eigenvalue weighted by Gasteiger charge is -2.12. The van der Waals surface area contributed by atoms with Crippen molar-refractivity contribution in [3.05, 3.63) is 5.82 Å². The Bertz CT molecular complexity index is 452. The standard InChI is InChI=1S/C8H16N4O3S/c1-6(2)12-7(4-5-15-3)10-11-8(12)16(9,13)14/h6H,4-5H2,1-3H3,(H2,9,13,14). The second-order valence-corrected chi connectivity index (χ2v) is 5.11. The first-order chi connectivity index (χ1) is 7.38. The highest BCUT2D eigenvalue weighted by Crippen LogP contribution is 2.15. The summed E-state index contributed by atoms with van der Waals surface area (Å²) in [4.78, 5) is 0. The molecule has 0 fully saturated rings. The number of sulfonamides is 1. The molecule has 92 valence electrons. The normalized spacial score (nSPS) is 12.3. The topological polar surface area (TPSA) is 100 Å². The van der Waals surface area contributed by atoms with E-state index in [1.165, 1.54) is 4.57 Å². The Morgan fingerprint density at radius 1 is 1.44 bits per heavy atom. The summed E-state index contributed by atoms with van der Waals surface area (Å²) >= 11 is 0. The molecule has 0 spiro atoms. The van der Waals surface area contributed by atoms with Crippen molar-refractivity contribution in [2.24, 2.45) is 5.14 Å². The maximum Gasteiger partial charge on any atom is 0.273 e. The summed E-state index contributed by atoms with van der Waals surface area (Å²) in [6, 6.07) is -0.0739. The highest BCUT2D eigenvalue weighted by molar-refractivity contribution is 7.89. The predicted octanol–water partition coefficient (Wildman–Crippen LogP) is -0.305. The van der Waals surface area contributed by atoms with E-state index in [2.05, 4.69) is 10.2 Å². The quantitative estimate of drug-likeness (QED) is 0.770. The molecule has 0 aliphatic heterocycles. The van der Waals surface area contributed by atoms with E-state index >= 15 is 0 Å². The third-order valence-electron chi connectivity index (χ3n) is 2.04. The average molecular weight is 248 g/mol. The maximum absolute atomic E-state index is 11.3. The van der Waals surface area contributed by atoms with Gasteiger partial charge in [-0.3, -0.25) is 4.57 Å². The molecular formula is C8H16N4O3S. The van der Waals surface area contributed by atoms with Crippen LogP contribution in [0.5, 0.6) is 0 Å². The minimum absolute atomic E-state index is 0.0739. The number of hydrogen-bond donors (Lipinski definition) is 1. The number of nitrogens with zero attached hydrogens (tertiary/aromatic N) is 3. The summed E-state index contributed by atoms with van der Waals surface area (Å²) < 4.78 is 29.0. The first-order valence-corrected chi connectivity index (χ1v) is 6.38. The molecule has 0 radical (unpaired) electrons. The molecule has 0 aliphatic carbocycles. The van der Waals surface area contributed by atoms with Gasteiger partial charge in [-0.05, 0) is 13.8 Å². The molecule has 1 rings (SSSR count). The lowest BCUT2D eigenvalue weighted by atomic mass is 10.3. The van der Waals surface area contributed by atoms with E-state index in [-0.39, 0.29) is 11.2 Å². The number of rotatable bonds is 5. The van der Waals surface area contributed by atoms with Gasteiger partial charge in [-0.15, -0.1) is 10.2 Å². The Kier molecular flexibility index (Phi) is 4.00. The van der Waals surface area contributed by atoms with Crippen LogP contribution in [0.15, 0.2) is 5.16 Å². The van der Waals surface area contributed by atoms with Gasteiger partial charge in [0.15, 0.2) is 0 Å². The van der Waals surface area contributed by atoms with Crippen LogP contribution in [0, 0.1) is 0 Å². The molecule has 16 heavy (non-hydrogen) atoms. The molecule has 1 heterocycles. The molecule has 2 N–H and O–H groups in total. The summed E-state index contributed by atoms with van der Waals surface area (Å²) in [7, 11) is -2.27. The molecule has 0 atom stereocenters. The Balaban J connectivity index is 3.18. The number of aromatic nitrogens is 3. The molecule has 0 unspecified atom stereocenters. The van der Waals surface area contributed by atoms with Crippen molar-refractivity contribution < 1.29 is 13.2 Å². The fraction of sp³-hybridized carbons (Fsp3) is 0.750. The fourth-order valence-electron chi connectivity index (χ4n) is 1.38. The second-order valence-electron chi connectivity index (χ2n) is 3.65. The highest BCUT2D eigenvalue weighted by Gasteiger charge is 2.22. The average Bonchev–Trinajstić information content (AvgIpc) is 2.57. The van der Waals surface area contributed by atoms with Crippen LogP contribution in [-0.4, -0.2) is 36.9 Å². The van der Waals surface area contributed by atoms with E-state index in [9.17, 15) is 8.42 Å². The van der Waals surface area contributed by atoms with Gasteiger partial charge in [0.1, 0.15) is 5.82 Å². The van der Waals surface area contributed by atoms with E-state index in [1.54, 1.807) is 7.11 Å². The van der Waals surface area contributed by atoms with E-state index in [4.69, 9.17) is 9.88 Å². The van der Waals surface area contributed by atoms with Crippen molar-refractivity contribution in [3.63, 3.8) is 0 Å². The predicted molar refractivity (Wildman–Crippen MR) is 57.4 cm³/mol. The first kappa shape index (κ1) is 13.1. The van der Waals surface area contributed by atoms with Crippen LogP contribution in [0.4, 0.5) is 0 Å². The minimum atomic E-state index is -3.83. The molecule has 8 heteroatoms. The highest BCUT2D eigenvalue weighted by atomic mass is 32.2. The number of nitrogens with two attached hydrogens (primary N) is 1. The summed E-state index contributed by atoms with van der Waals surface area (Å²) in [6.07, 6.45) is 0.497. The lowest BCUT2D eigenvalue weighted by Crippen LogP contribution is -2.21. The Hall–Kier alpha value is -0.990. The second kappa shape index (κ2) is 4.89. The van der Waals surface area contributed by atoms with Crippen molar-refractivity contribution in [1.82, 2.24) is 14.8 Å². The molecule has 0 bridgehead atoms. The molecule has 0 saturated heterocycles. The Labute approximate surface area is 94.7 Å². The van der Waals surface area contributed by atoms with Crippen molar-refractivity contribution in [2.75, 3.05) is 13.7 Å². The number of primary sulfonamides is 1. The van der Waals surface area contributed by atoms with Crippen molar-refractivity contribution >= 4 is 10.0 Å². The van der Waals surface area contributed by atoms with Crippen molar-refractivity contribution in [2.45, 2.75) is 31.5 Å². The van der Waals surface area contributed by atoms with Gasteiger partial charge >= 0.3 is 0 Å². The monoisotopic (exact) mass is 248 g/mol. The van der Waals surface area contributed by atoms with Crippen molar-refractivity contribution in [3.8, 4) is 0 Å². The number of methoxy groups -OCH3 is 1. The zero-order chi connectivity index (χ0) is 12.3. The maximum atomic E-state index is 11.3. The van der Waals surface area contributed by atoms with E-state index < -0.39 is 10.0 Å². The van der Waals surface area contributed by atoms with E-state index in [1.807, 2.05) is 13.8 Å². The zero-order valence-electron chi connectivity index (χ0n) is 9.54.